The number of hydrogen-bond donors (Lipinski definition) is 1. The number of hydrazone groups is 1. The molecular formula is C31H26Cl2F3N5O4. The summed E-state index contributed by atoms with van der Waals surface area (Å²) in [6.45, 7) is 6.87. The Morgan fingerprint density at radius 2 is 1.76 bits per heavy atom. The van der Waals surface area contributed by atoms with E-state index in [1.54, 1.807) is 32.0 Å². The molecule has 6 unspecified atom stereocenters. The van der Waals surface area contributed by atoms with Crippen LogP contribution in [0.15, 0.2) is 72.0 Å². The van der Waals surface area contributed by atoms with Crippen molar-refractivity contribution in [3.05, 3.63) is 117 Å². The number of hydrogen-bond acceptors (Lipinski definition) is 8. The summed E-state index contributed by atoms with van der Waals surface area (Å²) in [5.74, 6) is -3.74. The number of allylic oxidation sites excluding steroid dienone is 1. The minimum atomic E-state index is -1.58. The molecule has 0 amide bonds. The van der Waals surface area contributed by atoms with Crippen molar-refractivity contribution < 1.29 is 32.5 Å². The molecular weight excluding hydrogens is 634 g/mol. The first-order valence-corrected chi connectivity index (χ1v) is 14.5. The first-order chi connectivity index (χ1) is 21.5. The zero-order valence-corrected chi connectivity index (χ0v) is 25.3. The highest BCUT2D eigenvalue weighted by Crippen LogP contribution is 2.44. The molecule has 0 spiro atoms. The highest BCUT2D eigenvalue weighted by molar-refractivity contribution is 6.34. The number of nitrogens with zero attached hydrogens (tertiary/aromatic N) is 5. The van der Waals surface area contributed by atoms with Gasteiger partial charge in [0.2, 0.25) is 0 Å². The number of fused-ring (bicyclic) bond motifs is 1. The van der Waals surface area contributed by atoms with Gasteiger partial charge in [0.1, 0.15) is 30.2 Å². The van der Waals surface area contributed by atoms with E-state index in [2.05, 4.69) is 21.9 Å². The number of aryl methyl sites for hydroxylation is 1. The number of rotatable bonds is 7. The number of aromatic nitrogens is 3. The number of benzene rings is 3. The molecule has 45 heavy (non-hydrogen) atoms. The molecule has 3 aromatic carbocycles. The van der Waals surface area contributed by atoms with Gasteiger partial charge in [0, 0.05) is 23.5 Å². The van der Waals surface area contributed by atoms with Crippen molar-refractivity contribution in [2.75, 3.05) is 0 Å². The van der Waals surface area contributed by atoms with Crippen LogP contribution in [0.1, 0.15) is 42.1 Å². The first-order valence-electron chi connectivity index (χ1n) is 13.7. The van der Waals surface area contributed by atoms with Gasteiger partial charge in [-0.1, -0.05) is 53.5 Å². The Bertz CT molecular complexity index is 1750. The number of halogens is 5. The van der Waals surface area contributed by atoms with Gasteiger partial charge in [-0.2, -0.15) is 10.2 Å². The number of ether oxygens (including phenoxy) is 3. The van der Waals surface area contributed by atoms with E-state index in [9.17, 15) is 18.3 Å². The Labute approximate surface area is 266 Å². The Hall–Kier alpha value is -3.78. The van der Waals surface area contributed by atoms with Gasteiger partial charge in [-0.15, -0.1) is 0 Å². The molecule has 4 aromatic rings. The van der Waals surface area contributed by atoms with Crippen LogP contribution >= 0.6 is 23.2 Å². The van der Waals surface area contributed by atoms with Gasteiger partial charge >= 0.3 is 0 Å². The summed E-state index contributed by atoms with van der Waals surface area (Å²) in [4.78, 5) is 4.55. The van der Waals surface area contributed by atoms with Crippen LogP contribution < -0.4 is 0 Å². The summed E-state index contributed by atoms with van der Waals surface area (Å²) < 4.78 is 62.0. The molecule has 9 nitrogen and oxygen atoms in total. The van der Waals surface area contributed by atoms with Crippen LogP contribution in [0.5, 0.6) is 0 Å². The molecule has 0 bridgehead atoms. The van der Waals surface area contributed by atoms with E-state index in [-0.39, 0.29) is 17.0 Å². The topological polar surface area (TPSA) is 94.2 Å². The molecule has 2 aliphatic heterocycles. The highest BCUT2D eigenvalue weighted by Gasteiger charge is 2.55. The zero-order valence-electron chi connectivity index (χ0n) is 23.8. The van der Waals surface area contributed by atoms with Crippen molar-refractivity contribution in [2.45, 2.75) is 50.8 Å². The molecule has 1 N–H and O–H groups in total. The van der Waals surface area contributed by atoms with E-state index < -0.39 is 54.4 Å². The third-order valence-corrected chi connectivity index (χ3v) is 8.07. The van der Waals surface area contributed by atoms with E-state index in [0.29, 0.717) is 27.1 Å². The number of aliphatic hydroxyl groups is 1. The van der Waals surface area contributed by atoms with Crippen molar-refractivity contribution >= 4 is 35.5 Å². The predicted octanol–water partition coefficient (Wildman–Crippen LogP) is 6.52. The lowest BCUT2D eigenvalue weighted by atomic mass is 9.94. The van der Waals surface area contributed by atoms with Gasteiger partial charge in [-0.3, -0.25) is 5.01 Å². The maximum Gasteiger partial charge on any atom is 0.194 e. The van der Waals surface area contributed by atoms with Gasteiger partial charge in [-0.05, 0) is 55.3 Å². The Kier molecular flexibility index (Phi) is 8.70. The third-order valence-electron chi connectivity index (χ3n) is 7.52. The second-order valence-electron chi connectivity index (χ2n) is 10.5. The summed E-state index contributed by atoms with van der Waals surface area (Å²) in [5.41, 5.74) is 1.43. The Morgan fingerprint density at radius 3 is 2.44 bits per heavy atom. The molecule has 2 fully saturated rings. The van der Waals surface area contributed by atoms with Crippen molar-refractivity contribution in [3.63, 3.8) is 0 Å². The predicted molar refractivity (Wildman–Crippen MR) is 160 cm³/mol. The van der Waals surface area contributed by atoms with Crippen LogP contribution in [-0.4, -0.2) is 56.1 Å². The van der Waals surface area contributed by atoms with Gasteiger partial charge in [0.25, 0.3) is 0 Å². The third kappa shape index (κ3) is 5.97. The van der Waals surface area contributed by atoms with Gasteiger partial charge in [-0.25, -0.2) is 22.8 Å². The van der Waals surface area contributed by atoms with Crippen molar-refractivity contribution in [3.8, 4) is 5.69 Å². The van der Waals surface area contributed by atoms with Crippen molar-refractivity contribution in [2.24, 2.45) is 5.10 Å². The van der Waals surface area contributed by atoms with E-state index in [1.807, 2.05) is 30.3 Å². The second-order valence-corrected chi connectivity index (χ2v) is 11.3. The highest BCUT2D eigenvalue weighted by atomic mass is 35.5. The maximum atomic E-state index is 14.1. The van der Waals surface area contributed by atoms with Crippen molar-refractivity contribution in [1.29, 1.82) is 0 Å². The molecule has 3 heterocycles. The fourth-order valence-corrected chi connectivity index (χ4v) is 5.76. The lowest BCUT2D eigenvalue weighted by molar-refractivity contribution is -0.238. The van der Waals surface area contributed by atoms with Gasteiger partial charge in [0.15, 0.2) is 35.9 Å². The molecule has 14 heteroatoms. The van der Waals surface area contributed by atoms with Crippen molar-refractivity contribution in [1.82, 2.24) is 19.8 Å². The molecule has 234 valence electrons. The monoisotopic (exact) mass is 659 g/mol. The van der Waals surface area contributed by atoms with E-state index >= 15 is 0 Å². The fourth-order valence-electron chi connectivity index (χ4n) is 5.39. The van der Waals surface area contributed by atoms with E-state index in [0.717, 1.165) is 12.1 Å². The molecule has 0 radical (unpaired) electrons. The van der Waals surface area contributed by atoms with E-state index in [1.165, 1.54) is 15.9 Å². The SMILES string of the molecule is C=NN(/C=C(\C)c1cc(F)c(F)c(F)c1)C1C(O)C(c2nc(C)nn2-c2cc(Cl)ccc2Cl)OC2OC(c3ccccc3)OC21. The minimum absolute atomic E-state index is 0.0476. The average Bonchev–Trinajstić information content (AvgIpc) is 3.63. The molecule has 2 saturated heterocycles. The zero-order chi connectivity index (χ0) is 32.0. The first kappa shape index (κ1) is 31.2. The van der Waals surface area contributed by atoms with Crippen LogP contribution in [-0.2, 0) is 14.2 Å². The summed E-state index contributed by atoms with van der Waals surface area (Å²) in [5, 5.41) is 22.6. The average molecular weight is 660 g/mol. The lowest BCUT2D eigenvalue weighted by Crippen LogP contribution is -2.58. The summed E-state index contributed by atoms with van der Waals surface area (Å²) in [6.07, 6.45) is -4.04. The largest absolute Gasteiger partial charge is 0.388 e. The van der Waals surface area contributed by atoms with Crippen LogP contribution in [0.3, 0.4) is 0 Å². The normalized spacial score (nSPS) is 24.8. The summed E-state index contributed by atoms with van der Waals surface area (Å²) in [7, 11) is 0. The van der Waals surface area contributed by atoms with Crippen LogP contribution in [0.4, 0.5) is 13.2 Å². The standard InChI is InChI=1S/C31H26Cl2F3N5O4/c1-15(18-11-21(34)24(36)22(35)12-18)14-40(37-3)25-26(42)28(44-31-27(25)43-30(45-31)17-7-5-4-6-8-17)29-38-16(2)39-41(29)23-13-19(32)9-10-20(23)33/h4-14,25-28,30-31,42H,3H2,1-2H3/b15-14+. The summed E-state index contributed by atoms with van der Waals surface area (Å²) in [6, 6.07) is 14.6. The van der Waals surface area contributed by atoms with Gasteiger partial charge in [0.05, 0.1) is 10.7 Å². The Morgan fingerprint density at radius 1 is 1.04 bits per heavy atom. The molecule has 0 aliphatic carbocycles. The molecule has 0 saturated carbocycles. The Balaban J connectivity index is 1.43. The fraction of sp³-hybridized carbons (Fsp3) is 0.258. The minimum Gasteiger partial charge on any atom is -0.388 e. The van der Waals surface area contributed by atoms with Crippen LogP contribution in [0, 0.1) is 24.4 Å². The van der Waals surface area contributed by atoms with Crippen LogP contribution in [0.2, 0.25) is 10.0 Å². The molecule has 6 rings (SSSR count). The molecule has 1 aromatic heterocycles. The van der Waals surface area contributed by atoms with E-state index in [4.69, 9.17) is 37.4 Å². The smallest absolute Gasteiger partial charge is 0.194 e. The quantitative estimate of drug-likeness (QED) is 0.137. The maximum absolute atomic E-state index is 14.1. The summed E-state index contributed by atoms with van der Waals surface area (Å²) >= 11 is 12.8. The van der Waals surface area contributed by atoms with Gasteiger partial charge < -0.3 is 19.3 Å². The molecule has 2 aliphatic rings. The second kappa shape index (κ2) is 12.5. The lowest BCUT2D eigenvalue weighted by Gasteiger charge is -2.43. The number of aliphatic hydroxyl groups excluding tert-OH is 1. The van der Waals surface area contributed by atoms with Crippen LogP contribution in [0.25, 0.3) is 11.3 Å². The molecule has 6 atom stereocenters.